The Kier molecular flexibility index (Phi) is 7.92. The van der Waals surface area contributed by atoms with Crippen LogP contribution in [0.15, 0.2) is 18.2 Å². The quantitative estimate of drug-likeness (QED) is 0.657. The summed E-state index contributed by atoms with van der Waals surface area (Å²) in [6.07, 6.45) is -0.186. The number of hydrogen-bond donors (Lipinski definition) is 0. The molecule has 2 rings (SSSR count). The van der Waals surface area contributed by atoms with Crippen LogP contribution in [-0.4, -0.2) is 58.9 Å². The van der Waals surface area contributed by atoms with E-state index in [0.717, 1.165) is 12.1 Å². The van der Waals surface area contributed by atoms with Gasteiger partial charge < -0.3 is 14.5 Å². The van der Waals surface area contributed by atoms with E-state index in [1.807, 2.05) is 27.7 Å². The van der Waals surface area contributed by atoms with Crippen molar-refractivity contribution in [3.63, 3.8) is 0 Å². The van der Waals surface area contributed by atoms with Crippen molar-refractivity contribution < 1.29 is 27.9 Å². The third-order valence-electron chi connectivity index (χ3n) is 5.28. The van der Waals surface area contributed by atoms with Gasteiger partial charge in [0.05, 0.1) is 11.5 Å². The standard InChI is InChI=1S/C22H30F2N2O4/c1-13(2)26(14(3)4)20(27)15(5)30-22(29)16-8-10-25(11-9-16)21(28)18-7-6-17(23)12-19(18)24/h6-7,12-16H,8-11H2,1-5H3. The molecular formula is C22H30F2N2O4. The third kappa shape index (κ3) is 5.55. The van der Waals surface area contributed by atoms with Crippen molar-refractivity contribution >= 4 is 17.8 Å². The van der Waals surface area contributed by atoms with Gasteiger partial charge in [-0.25, -0.2) is 8.78 Å². The molecular weight excluding hydrogens is 394 g/mol. The molecule has 30 heavy (non-hydrogen) atoms. The first-order chi connectivity index (χ1) is 14.0. The number of carbonyl (C=O) groups is 3. The maximum absolute atomic E-state index is 13.9. The van der Waals surface area contributed by atoms with Crippen LogP contribution in [0.25, 0.3) is 0 Å². The second-order valence-corrected chi connectivity index (χ2v) is 8.20. The number of benzene rings is 1. The molecule has 0 N–H and O–H groups in total. The molecule has 1 saturated heterocycles. The summed E-state index contributed by atoms with van der Waals surface area (Å²) < 4.78 is 32.3. The summed E-state index contributed by atoms with van der Waals surface area (Å²) in [5, 5.41) is 0. The Labute approximate surface area is 176 Å². The van der Waals surface area contributed by atoms with Crippen LogP contribution in [0, 0.1) is 17.6 Å². The fraction of sp³-hybridized carbons (Fsp3) is 0.591. The van der Waals surface area contributed by atoms with E-state index >= 15 is 0 Å². The van der Waals surface area contributed by atoms with Crippen LogP contribution in [0.3, 0.4) is 0 Å². The first-order valence-corrected chi connectivity index (χ1v) is 10.3. The average molecular weight is 424 g/mol. The zero-order chi connectivity index (χ0) is 22.6. The van der Waals surface area contributed by atoms with Gasteiger partial charge in [-0.3, -0.25) is 14.4 Å². The van der Waals surface area contributed by atoms with Crippen molar-refractivity contribution in [2.75, 3.05) is 13.1 Å². The van der Waals surface area contributed by atoms with Crippen LogP contribution in [0.2, 0.25) is 0 Å². The number of likely N-dealkylation sites (tertiary alicyclic amines) is 1. The van der Waals surface area contributed by atoms with E-state index in [2.05, 4.69) is 0 Å². The topological polar surface area (TPSA) is 66.9 Å². The fourth-order valence-corrected chi connectivity index (χ4v) is 3.79. The first-order valence-electron chi connectivity index (χ1n) is 10.3. The number of esters is 1. The van der Waals surface area contributed by atoms with Gasteiger partial charge in [-0.2, -0.15) is 0 Å². The molecule has 1 aliphatic rings. The van der Waals surface area contributed by atoms with E-state index < -0.39 is 35.5 Å². The number of hydrogen-bond acceptors (Lipinski definition) is 4. The highest BCUT2D eigenvalue weighted by molar-refractivity contribution is 5.94. The van der Waals surface area contributed by atoms with Gasteiger partial charge in [0, 0.05) is 31.2 Å². The summed E-state index contributed by atoms with van der Waals surface area (Å²) >= 11 is 0. The monoisotopic (exact) mass is 424 g/mol. The number of carbonyl (C=O) groups excluding carboxylic acids is 3. The maximum atomic E-state index is 13.9. The maximum Gasteiger partial charge on any atom is 0.309 e. The lowest BCUT2D eigenvalue weighted by molar-refractivity contribution is -0.165. The van der Waals surface area contributed by atoms with Crippen molar-refractivity contribution in [3.8, 4) is 0 Å². The lowest BCUT2D eigenvalue weighted by Crippen LogP contribution is -2.48. The van der Waals surface area contributed by atoms with Crippen LogP contribution >= 0.6 is 0 Å². The summed E-state index contributed by atoms with van der Waals surface area (Å²) in [7, 11) is 0. The molecule has 166 valence electrons. The Balaban J connectivity index is 1.92. The van der Waals surface area contributed by atoms with E-state index in [0.29, 0.717) is 18.9 Å². The SMILES string of the molecule is CC(OC(=O)C1CCN(C(=O)c2ccc(F)cc2F)CC1)C(=O)N(C(C)C)C(C)C. The smallest absolute Gasteiger partial charge is 0.309 e. The second-order valence-electron chi connectivity index (χ2n) is 8.20. The number of piperidine rings is 1. The Bertz CT molecular complexity index is 781. The van der Waals surface area contributed by atoms with Gasteiger partial charge in [-0.1, -0.05) is 0 Å². The van der Waals surface area contributed by atoms with E-state index in [4.69, 9.17) is 4.74 Å². The second kappa shape index (κ2) is 10.00. The molecule has 1 aliphatic heterocycles. The van der Waals surface area contributed by atoms with Gasteiger partial charge in [-0.05, 0) is 59.6 Å². The first kappa shape index (κ1) is 23.8. The summed E-state index contributed by atoms with van der Waals surface area (Å²) in [6, 6.07) is 2.80. The largest absolute Gasteiger partial charge is 0.452 e. The minimum absolute atomic E-state index is 0.0141. The number of rotatable bonds is 6. The Hall–Kier alpha value is -2.51. The summed E-state index contributed by atoms with van der Waals surface area (Å²) in [4.78, 5) is 40.7. The van der Waals surface area contributed by atoms with Gasteiger partial charge >= 0.3 is 5.97 Å². The van der Waals surface area contributed by atoms with Crippen molar-refractivity contribution in [3.05, 3.63) is 35.4 Å². The van der Waals surface area contributed by atoms with E-state index in [-0.39, 0.29) is 36.6 Å². The summed E-state index contributed by atoms with van der Waals surface area (Å²) in [6.45, 7) is 9.69. The van der Waals surface area contributed by atoms with Gasteiger partial charge in [0.1, 0.15) is 11.6 Å². The Morgan fingerprint density at radius 3 is 2.10 bits per heavy atom. The molecule has 2 amide bonds. The zero-order valence-electron chi connectivity index (χ0n) is 18.2. The average Bonchev–Trinajstić information content (AvgIpc) is 2.67. The van der Waals surface area contributed by atoms with Crippen molar-refractivity contribution in [2.24, 2.45) is 5.92 Å². The van der Waals surface area contributed by atoms with E-state index in [1.54, 1.807) is 11.8 Å². The van der Waals surface area contributed by atoms with Gasteiger partial charge in [-0.15, -0.1) is 0 Å². The molecule has 8 heteroatoms. The van der Waals surface area contributed by atoms with E-state index in [9.17, 15) is 23.2 Å². The molecule has 1 aromatic carbocycles. The van der Waals surface area contributed by atoms with Gasteiger partial charge in [0.25, 0.3) is 11.8 Å². The molecule has 0 aromatic heterocycles. The van der Waals surface area contributed by atoms with Crippen LogP contribution in [0.5, 0.6) is 0 Å². The molecule has 1 fully saturated rings. The van der Waals surface area contributed by atoms with Crippen LogP contribution in [-0.2, 0) is 14.3 Å². The zero-order valence-corrected chi connectivity index (χ0v) is 18.2. The Morgan fingerprint density at radius 2 is 1.60 bits per heavy atom. The van der Waals surface area contributed by atoms with Crippen molar-refractivity contribution in [2.45, 2.75) is 65.6 Å². The van der Waals surface area contributed by atoms with Crippen molar-refractivity contribution in [1.82, 2.24) is 9.80 Å². The fourth-order valence-electron chi connectivity index (χ4n) is 3.79. The highest BCUT2D eigenvalue weighted by Gasteiger charge is 2.33. The molecule has 6 nitrogen and oxygen atoms in total. The van der Waals surface area contributed by atoms with Crippen LogP contribution in [0.1, 0.15) is 57.8 Å². The van der Waals surface area contributed by atoms with Crippen LogP contribution in [0.4, 0.5) is 8.78 Å². The highest BCUT2D eigenvalue weighted by Crippen LogP contribution is 2.22. The minimum Gasteiger partial charge on any atom is -0.452 e. The number of halogens is 2. The molecule has 0 spiro atoms. The molecule has 0 saturated carbocycles. The number of amides is 2. The lowest BCUT2D eigenvalue weighted by atomic mass is 9.96. The summed E-state index contributed by atoms with van der Waals surface area (Å²) in [5.74, 6) is -3.34. The highest BCUT2D eigenvalue weighted by atomic mass is 19.1. The normalized spacial score (nSPS) is 16.0. The molecule has 1 heterocycles. The predicted octanol–water partition coefficient (Wildman–Crippen LogP) is 3.39. The van der Waals surface area contributed by atoms with Gasteiger partial charge in [0.2, 0.25) is 0 Å². The molecule has 0 aliphatic carbocycles. The molecule has 0 bridgehead atoms. The molecule has 0 radical (unpaired) electrons. The summed E-state index contributed by atoms with van der Waals surface area (Å²) in [5.41, 5.74) is -0.195. The Morgan fingerprint density at radius 1 is 1.03 bits per heavy atom. The van der Waals surface area contributed by atoms with Crippen LogP contribution < -0.4 is 0 Å². The molecule has 1 aromatic rings. The lowest BCUT2D eigenvalue weighted by Gasteiger charge is -2.34. The predicted molar refractivity (Wildman–Crippen MR) is 108 cm³/mol. The van der Waals surface area contributed by atoms with Gasteiger partial charge in [0.15, 0.2) is 6.10 Å². The molecule has 1 unspecified atom stereocenters. The van der Waals surface area contributed by atoms with E-state index in [1.165, 1.54) is 4.90 Å². The minimum atomic E-state index is -0.909. The number of nitrogens with zero attached hydrogens (tertiary/aromatic N) is 2. The van der Waals surface area contributed by atoms with Crippen molar-refractivity contribution in [1.29, 1.82) is 0 Å². The molecule has 1 atom stereocenters. The number of ether oxygens (including phenoxy) is 1. The third-order valence-corrected chi connectivity index (χ3v) is 5.28.